The van der Waals surface area contributed by atoms with Gasteiger partial charge in [-0.2, -0.15) is 4.39 Å². The number of halogens is 3. The Morgan fingerprint density at radius 1 is 0.967 bits per heavy atom. The summed E-state index contributed by atoms with van der Waals surface area (Å²) in [4.78, 5) is 4.80. The molecule has 0 aromatic heterocycles. The Morgan fingerprint density at radius 2 is 1.70 bits per heavy atom. The van der Waals surface area contributed by atoms with Crippen LogP contribution in [0.5, 0.6) is 5.75 Å². The molecule has 0 aliphatic carbocycles. The first-order chi connectivity index (χ1) is 14.5. The van der Waals surface area contributed by atoms with Crippen molar-refractivity contribution in [2.24, 2.45) is 0 Å². The van der Waals surface area contributed by atoms with Gasteiger partial charge >= 0.3 is 0 Å². The molecule has 6 heteroatoms. The lowest BCUT2D eigenvalue weighted by Gasteiger charge is -2.35. The molecule has 0 amide bonds. The van der Waals surface area contributed by atoms with E-state index in [1.807, 2.05) is 24.3 Å². The molecule has 1 saturated heterocycles. The van der Waals surface area contributed by atoms with Crippen molar-refractivity contribution < 1.29 is 17.9 Å². The Hall–Kier alpha value is -2.05. The highest BCUT2D eigenvalue weighted by Gasteiger charge is 2.28. The molecule has 0 N–H and O–H groups in total. The SMILES string of the molecule is Cc1c(F)cc(OC2CN(CCCN3CCCCC3)Cc3ccccc32)c(F)c1F. The molecule has 1 unspecified atom stereocenters. The van der Waals surface area contributed by atoms with Gasteiger partial charge in [0.05, 0.1) is 0 Å². The van der Waals surface area contributed by atoms with Gasteiger partial charge in [-0.25, -0.2) is 8.78 Å². The molecule has 2 aromatic rings. The third-order valence-corrected chi connectivity index (χ3v) is 6.24. The molecule has 0 spiro atoms. The zero-order chi connectivity index (χ0) is 21.1. The second-order valence-electron chi connectivity index (χ2n) is 8.41. The topological polar surface area (TPSA) is 15.7 Å². The van der Waals surface area contributed by atoms with Crippen molar-refractivity contribution >= 4 is 0 Å². The van der Waals surface area contributed by atoms with Crippen LogP contribution in [0.4, 0.5) is 13.2 Å². The Kier molecular flexibility index (Phi) is 6.64. The highest BCUT2D eigenvalue weighted by atomic mass is 19.2. The van der Waals surface area contributed by atoms with Crippen LogP contribution < -0.4 is 4.74 Å². The average Bonchev–Trinajstić information content (AvgIpc) is 2.77. The van der Waals surface area contributed by atoms with E-state index in [-0.39, 0.29) is 11.3 Å². The van der Waals surface area contributed by atoms with Crippen molar-refractivity contribution in [2.75, 3.05) is 32.7 Å². The van der Waals surface area contributed by atoms with Crippen LogP contribution in [0, 0.1) is 24.4 Å². The van der Waals surface area contributed by atoms with Crippen LogP contribution in [-0.4, -0.2) is 42.5 Å². The minimum Gasteiger partial charge on any atom is -0.481 e. The fourth-order valence-corrected chi connectivity index (χ4v) is 4.51. The van der Waals surface area contributed by atoms with E-state index in [1.54, 1.807) is 0 Å². The van der Waals surface area contributed by atoms with Crippen molar-refractivity contribution in [2.45, 2.75) is 45.3 Å². The molecule has 2 aliphatic rings. The second kappa shape index (κ2) is 9.40. The molecular weight excluding hydrogens is 389 g/mol. The van der Waals surface area contributed by atoms with Crippen LogP contribution in [0.2, 0.25) is 0 Å². The number of piperidine rings is 1. The van der Waals surface area contributed by atoms with Crippen molar-refractivity contribution in [1.82, 2.24) is 9.80 Å². The molecule has 3 nitrogen and oxygen atoms in total. The van der Waals surface area contributed by atoms with E-state index in [4.69, 9.17) is 4.74 Å². The lowest BCUT2D eigenvalue weighted by Crippen LogP contribution is -2.38. The summed E-state index contributed by atoms with van der Waals surface area (Å²) in [5.74, 6) is -3.49. The van der Waals surface area contributed by atoms with Gasteiger partial charge in [-0.15, -0.1) is 0 Å². The number of fused-ring (bicyclic) bond motifs is 1. The van der Waals surface area contributed by atoms with Crippen LogP contribution >= 0.6 is 0 Å². The van der Waals surface area contributed by atoms with Crippen molar-refractivity contribution in [3.8, 4) is 5.75 Å². The number of benzene rings is 2. The van der Waals surface area contributed by atoms with Crippen LogP contribution in [-0.2, 0) is 6.54 Å². The fourth-order valence-electron chi connectivity index (χ4n) is 4.51. The molecule has 30 heavy (non-hydrogen) atoms. The maximum atomic E-state index is 14.4. The van der Waals surface area contributed by atoms with E-state index in [0.29, 0.717) is 6.54 Å². The summed E-state index contributed by atoms with van der Waals surface area (Å²) < 4.78 is 48.2. The highest BCUT2D eigenvalue weighted by molar-refractivity contribution is 5.35. The third kappa shape index (κ3) is 4.65. The third-order valence-electron chi connectivity index (χ3n) is 6.24. The number of hydrogen-bond acceptors (Lipinski definition) is 3. The first kappa shape index (κ1) is 21.2. The molecule has 0 bridgehead atoms. The smallest absolute Gasteiger partial charge is 0.201 e. The molecule has 4 rings (SSSR count). The molecule has 1 atom stereocenters. The van der Waals surface area contributed by atoms with E-state index in [0.717, 1.165) is 43.2 Å². The molecule has 0 saturated carbocycles. The van der Waals surface area contributed by atoms with E-state index in [1.165, 1.54) is 39.3 Å². The number of likely N-dealkylation sites (tertiary alicyclic amines) is 1. The zero-order valence-electron chi connectivity index (χ0n) is 17.5. The molecule has 2 aliphatic heterocycles. The largest absolute Gasteiger partial charge is 0.481 e. The predicted octanol–water partition coefficient (Wildman–Crippen LogP) is 5.22. The molecule has 2 aromatic carbocycles. The Morgan fingerprint density at radius 3 is 2.50 bits per heavy atom. The maximum absolute atomic E-state index is 14.4. The van der Waals surface area contributed by atoms with E-state index < -0.39 is 23.6 Å². The van der Waals surface area contributed by atoms with Gasteiger partial charge in [-0.1, -0.05) is 30.7 Å². The maximum Gasteiger partial charge on any atom is 0.201 e. The predicted molar refractivity (Wildman–Crippen MR) is 111 cm³/mol. The highest BCUT2D eigenvalue weighted by Crippen LogP contribution is 2.33. The molecule has 1 fully saturated rings. The quantitative estimate of drug-likeness (QED) is 0.598. The van der Waals surface area contributed by atoms with Crippen molar-refractivity contribution in [3.63, 3.8) is 0 Å². The van der Waals surface area contributed by atoms with Gasteiger partial charge in [0.1, 0.15) is 11.9 Å². The van der Waals surface area contributed by atoms with Crippen molar-refractivity contribution in [3.05, 3.63) is 64.5 Å². The number of nitrogens with zero attached hydrogens (tertiary/aromatic N) is 2. The van der Waals surface area contributed by atoms with Gasteiger partial charge in [0.15, 0.2) is 11.6 Å². The summed E-state index contributed by atoms with van der Waals surface area (Å²) >= 11 is 0. The van der Waals surface area contributed by atoms with Gasteiger partial charge in [0.25, 0.3) is 0 Å². The lowest BCUT2D eigenvalue weighted by molar-refractivity contribution is 0.101. The Balaban J connectivity index is 1.47. The fraction of sp³-hybridized carbons (Fsp3) is 0.500. The van der Waals surface area contributed by atoms with Gasteiger partial charge in [-0.05, 0) is 63.5 Å². The lowest BCUT2D eigenvalue weighted by atomic mass is 9.97. The summed E-state index contributed by atoms with van der Waals surface area (Å²) in [6.07, 6.45) is 4.47. The standard InChI is InChI=1S/C24H29F3N2O/c1-17-20(25)14-21(24(27)23(17)26)30-22-16-29(15-18-8-3-4-9-19(18)22)13-7-12-28-10-5-2-6-11-28/h3-4,8-9,14,22H,2,5-7,10-13,15-16H2,1H3. The Bertz CT molecular complexity index is 883. The summed E-state index contributed by atoms with van der Waals surface area (Å²) in [7, 11) is 0. The van der Waals surface area contributed by atoms with Crippen LogP contribution in [0.1, 0.15) is 48.5 Å². The van der Waals surface area contributed by atoms with Gasteiger partial charge in [0.2, 0.25) is 5.82 Å². The van der Waals surface area contributed by atoms with Crippen molar-refractivity contribution in [1.29, 1.82) is 0 Å². The van der Waals surface area contributed by atoms with Gasteiger partial charge < -0.3 is 9.64 Å². The summed E-state index contributed by atoms with van der Waals surface area (Å²) in [5, 5.41) is 0. The normalized spacial score (nSPS) is 20.2. The van der Waals surface area contributed by atoms with Crippen LogP contribution in [0.25, 0.3) is 0 Å². The first-order valence-corrected chi connectivity index (χ1v) is 10.9. The molecular formula is C24H29F3N2O. The summed E-state index contributed by atoms with van der Waals surface area (Å²) in [5.41, 5.74) is 1.73. The minimum absolute atomic E-state index is 0.330. The summed E-state index contributed by atoms with van der Waals surface area (Å²) in [6.45, 7) is 6.92. The van der Waals surface area contributed by atoms with Crippen LogP contribution in [0.15, 0.2) is 30.3 Å². The average molecular weight is 419 g/mol. The Labute approximate surface area is 176 Å². The first-order valence-electron chi connectivity index (χ1n) is 10.9. The summed E-state index contributed by atoms with van der Waals surface area (Å²) in [6, 6.07) is 8.82. The molecule has 2 heterocycles. The molecule has 162 valence electrons. The van der Waals surface area contributed by atoms with Crippen LogP contribution in [0.3, 0.4) is 0 Å². The monoisotopic (exact) mass is 418 g/mol. The minimum atomic E-state index is -1.19. The van der Waals surface area contributed by atoms with Gasteiger partial charge in [-0.3, -0.25) is 4.90 Å². The zero-order valence-corrected chi connectivity index (χ0v) is 17.5. The van der Waals surface area contributed by atoms with E-state index >= 15 is 0 Å². The van der Waals surface area contributed by atoms with E-state index in [9.17, 15) is 13.2 Å². The number of ether oxygens (including phenoxy) is 1. The number of rotatable bonds is 6. The van der Waals surface area contributed by atoms with Gasteiger partial charge in [0, 0.05) is 24.7 Å². The molecule has 0 radical (unpaired) electrons. The van der Waals surface area contributed by atoms with E-state index in [2.05, 4.69) is 9.80 Å². The number of hydrogen-bond donors (Lipinski definition) is 0. The second-order valence-corrected chi connectivity index (χ2v) is 8.41.